The Kier molecular flexibility index (Phi) is 5.04. The Morgan fingerprint density at radius 1 is 1.00 bits per heavy atom. The van der Waals surface area contributed by atoms with Crippen molar-refractivity contribution in [2.24, 2.45) is 16.8 Å². The number of carbonyl (C=O) groups is 1. The number of hydrogen-bond donors (Lipinski definition) is 1. The SMILES string of the molecule is CCC1(c2cc(F)cc(N=C(c3ccccc3)c3ccccc3)c2)C2CN(C(=O)O)CC21. The van der Waals surface area contributed by atoms with Gasteiger partial charge in [-0.2, -0.15) is 0 Å². The number of amides is 1. The van der Waals surface area contributed by atoms with Crippen LogP contribution in [0.3, 0.4) is 0 Å². The molecule has 2 fully saturated rings. The van der Waals surface area contributed by atoms with Gasteiger partial charge >= 0.3 is 6.09 Å². The number of hydrogen-bond acceptors (Lipinski definition) is 2. The van der Waals surface area contributed by atoms with Crippen molar-refractivity contribution < 1.29 is 14.3 Å². The maximum Gasteiger partial charge on any atom is 0.407 e. The molecule has 0 radical (unpaired) electrons. The van der Waals surface area contributed by atoms with Crippen molar-refractivity contribution in [3.63, 3.8) is 0 Å². The summed E-state index contributed by atoms with van der Waals surface area (Å²) in [5.41, 5.74) is 4.07. The van der Waals surface area contributed by atoms with Gasteiger partial charge in [0, 0.05) is 29.6 Å². The number of halogens is 1. The lowest BCUT2D eigenvalue weighted by molar-refractivity contribution is 0.146. The normalized spacial score (nSPS) is 23.5. The molecular formula is C27H25FN2O2. The summed E-state index contributed by atoms with van der Waals surface area (Å²) >= 11 is 0. The van der Waals surface area contributed by atoms with E-state index in [1.54, 1.807) is 6.07 Å². The third-order valence-corrected chi connectivity index (χ3v) is 7.14. The molecule has 1 N–H and O–H groups in total. The van der Waals surface area contributed by atoms with E-state index in [0.29, 0.717) is 18.8 Å². The Morgan fingerprint density at radius 2 is 1.56 bits per heavy atom. The van der Waals surface area contributed by atoms with Crippen molar-refractivity contribution in [3.8, 4) is 0 Å². The molecule has 5 rings (SSSR count). The van der Waals surface area contributed by atoms with Crippen LogP contribution in [0.25, 0.3) is 0 Å². The van der Waals surface area contributed by atoms with Crippen LogP contribution in [0.2, 0.25) is 0 Å². The number of likely N-dealkylation sites (tertiary alicyclic amines) is 1. The third-order valence-electron chi connectivity index (χ3n) is 7.14. The molecule has 1 aliphatic carbocycles. The van der Waals surface area contributed by atoms with Gasteiger partial charge in [-0.3, -0.25) is 0 Å². The highest BCUT2D eigenvalue weighted by Crippen LogP contribution is 2.65. The average Bonchev–Trinajstić information content (AvgIpc) is 3.18. The molecule has 3 aromatic carbocycles. The Bertz CT molecular complexity index is 1120. The van der Waals surface area contributed by atoms with E-state index in [0.717, 1.165) is 28.8 Å². The molecule has 3 aromatic rings. The molecular weight excluding hydrogens is 403 g/mol. The number of rotatable bonds is 5. The minimum absolute atomic E-state index is 0.169. The number of benzene rings is 3. The highest BCUT2D eigenvalue weighted by Gasteiger charge is 2.68. The van der Waals surface area contributed by atoms with Gasteiger partial charge < -0.3 is 10.0 Å². The monoisotopic (exact) mass is 428 g/mol. The van der Waals surface area contributed by atoms with Gasteiger partial charge in [-0.25, -0.2) is 14.2 Å². The fraction of sp³-hybridized carbons (Fsp3) is 0.259. The van der Waals surface area contributed by atoms with E-state index in [4.69, 9.17) is 4.99 Å². The van der Waals surface area contributed by atoms with E-state index in [-0.39, 0.29) is 23.1 Å². The maximum atomic E-state index is 14.8. The van der Waals surface area contributed by atoms with Gasteiger partial charge in [0.1, 0.15) is 5.82 Å². The summed E-state index contributed by atoms with van der Waals surface area (Å²) < 4.78 is 14.8. The smallest absolute Gasteiger partial charge is 0.407 e. The first-order valence-corrected chi connectivity index (χ1v) is 11.0. The largest absolute Gasteiger partial charge is 0.465 e. The van der Waals surface area contributed by atoms with Crippen molar-refractivity contribution in [2.45, 2.75) is 18.8 Å². The highest BCUT2D eigenvalue weighted by atomic mass is 19.1. The Balaban J connectivity index is 1.55. The van der Waals surface area contributed by atoms with E-state index < -0.39 is 6.09 Å². The second kappa shape index (κ2) is 7.90. The molecule has 5 heteroatoms. The molecule has 162 valence electrons. The molecule has 1 aliphatic heterocycles. The van der Waals surface area contributed by atoms with Gasteiger partial charge in [-0.05, 0) is 42.0 Å². The Hall–Kier alpha value is -3.47. The fourth-order valence-corrected chi connectivity index (χ4v) is 5.57. The molecule has 4 nitrogen and oxygen atoms in total. The second-order valence-corrected chi connectivity index (χ2v) is 8.69. The number of fused-ring (bicyclic) bond motifs is 1. The Labute approximate surface area is 187 Å². The minimum Gasteiger partial charge on any atom is -0.465 e. The molecule has 1 heterocycles. The summed E-state index contributed by atoms with van der Waals surface area (Å²) in [5.74, 6) is 0.171. The minimum atomic E-state index is -0.873. The first kappa shape index (κ1) is 20.4. The van der Waals surface area contributed by atoms with Crippen molar-refractivity contribution in [1.29, 1.82) is 0 Å². The van der Waals surface area contributed by atoms with Gasteiger partial charge in [0.25, 0.3) is 0 Å². The highest BCUT2D eigenvalue weighted by molar-refractivity contribution is 6.13. The van der Waals surface area contributed by atoms with Gasteiger partial charge in [-0.1, -0.05) is 67.6 Å². The molecule has 1 saturated heterocycles. The van der Waals surface area contributed by atoms with Crippen molar-refractivity contribution in [3.05, 3.63) is 101 Å². The summed E-state index contributed by atoms with van der Waals surface area (Å²) in [4.78, 5) is 17.7. The molecule has 2 unspecified atom stereocenters. The maximum absolute atomic E-state index is 14.8. The van der Waals surface area contributed by atoms with E-state index >= 15 is 0 Å². The predicted octanol–water partition coefficient (Wildman–Crippen LogP) is 5.88. The standard InChI is InChI=1S/C27H25FN2O2/c1-2-27(23-16-30(26(31)32)17-24(23)27)20-13-21(28)15-22(14-20)29-25(18-9-5-3-6-10-18)19-11-7-4-8-12-19/h3-15,23-24H,2,16-17H2,1H3,(H,31,32). The van der Waals surface area contributed by atoms with Crippen LogP contribution in [-0.4, -0.2) is 34.9 Å². The number of piperidine rings is 1. The molecule has 32 heavy (non-hydrogen) atoms. The first-order valence-electron chi connectivity index (χ1n) is 11.0. The van der Waals surface area contributed by atoms with Crippen LogP contribution in [0.15, 0.2) is 83.9 Å². The lowest BCUT2D eigenvalue weighted by atomic mass is 9.87. The van der Waals surface area contributed by atoms with Gasteiger partial charge in [0.15, 0.2) is 0 Å². The zero-order chi connectivity index (χ0) is 22.3. The third kappa shape index (κ3) is 3.38. The van der Waals surface area contributed by atoms with E-state index in [2.05, 4.69) is 6.92 Å². The summed E-state index contributed by atoms with van der Waals surface area (Å²) in [7, 11) is 0. The summed E-state index contributed by atoms with van der Waals surface area (Å²) in [6, 6.07) is 24.9. The lowest BCUT2D eigenvalue weighted by Gasteiger charge is -2.25. The zero-order valence-electron chi connectivity index (χ0n) is 17.9. The lowest BCUT2D eigenvalue weighted by Crippen LogP contribution is -2.34. The van der Waals surface area contributed by atoms with Crippen LogP contribution in [0.1, 0.15) is 30.0 Å². The summed E-state index contributed by atoms with van der Waals surface area (Å²) in [5, 5.41) is 9.32. The molecule has 0 bridgehead atoms. The Morgan fingerprint density at radius 3 is 2.06 bits per heavy atom. The quantitative estimate of drug-likeness (QED) is 0.516. The van der Waals surface area contributed by atoms with Gasteiger partial charge in [0.2, 0.25) is 0 Å². The average molecular weight is 429 g/mol. The van der Waals surface area contributed by atoms with Crippen molar-refractivity contribution >= 4 is 17.5 Å². The summed E-state index contributed by atoms with van der Waals surface area (Å²) in [6.45, 7) is 3.14. The molecule has 2 atom stereocenters. The number of aliphatic imine (C=N–C) groups is 1. The van der Waals surface area contributed by atoms with Gasteiger partial charge in [-0.15, -0.1) is 0 Å². The molecule has 0 aromatic heterocycles. The first-order chi connectivity index (χ1) is 15.5. The van der Waals surface area contributed by atoms with Crippen LogP contribution in [-0.2, 0) is 5.41 Å². The fourth-order valence-electron chi connectivity index (χ4n) is 5.57. The van der Waals surface area contributed by atoms with Crippen LogP contribution in [0.5, 0.6) is 0 Å². The van der Waals surface area contributed by atoms with Crippen LogP contribution >= 0.6 is 0 Å². The number of nitrogens with zero attached hydrogens (tertiary/aromatic N) is 2. The zero-order valence-corrected chi connectivity index (χ0v) is 17.9. The van der Waals surface area contributed by atoms with Crippen LogP contribution in [0.4, 0.5) is 14.9 Å². The molecule has 2 aliphatic rings. The van der Waals surface area contributed by atoms with Crippen LogP contribution < -0.4 is 0 Å². The van der Waals surface area contributed by atoms with Crippen LogP contribution in [0, 0.1) is 17.7 Å². The van der Waals surface area contributed by atoms with E-state index in [1.807, 2.05) is 66.7 Å². The molecule has 0 spiro atoms. The molecule has 1 amide bonds. The van der Waals surface area contributed by atoms with Gasteiger partial charge in [0.05, 0.1) is 11.4 Å². The molecule has 1 saturated carbocycles. The van der Waals surface area contributed by atoms with Crippen molar-refractivity contribution in [2.75, 3.05) is 13.1 Å². The predicted molar refractivity (Wildman–Crippen MR) is 123 cm³/mol. The van der Waals surface area contributed by atoms with E-state index in [1.165, 1.54) is 11.0 Å². The number of carboxylic acid groups (broad SMARTS) is 1. The van der Waals surface area contributed by atoms with E-state index in [9.17, 15) is 14.3 Å². The van der Waals surface area contributed by atoms with Crippen molar-refractivity contribution in [1.82, 2.24) is 4.90 Å². The second-order valence-electron chi connectivity index (χ2n) is 8.69. The topological polar surface area (TPSA) is 52.9 Å². The summed E-state index contributed by atoms with van der Waals surface area (Å²) in [6.07, 6.45) is -0.0193.